The predicted molar refractivity (Wildman–Crippen MR) is 83.0 cm³/mol. The van der Waals surface area contributed by atoms with Crippen molar-refractivity contribution in [2.75, 3.05) is 31.5 Å². The molecule has 2 N–H and O–H groups in total. The Bertz CT molecular complexity index is 506. The average Bonchev–Trinajstić information content (AvgIpc) is 2.94. The highest BCUT2D eigenvalue weighted by atomic mass is 16.2. The van der Waals surface area contributed by atoms with E-state index in [0.29, 0.717) is 23.7 Å². The third kappa shape index (κ3) is 4.76. The fourth-order valence-electron chi connectivity index (χ4n) is 2.64. The van der Waals surface area contributed by atoms with Crippen molar-refractivity contribution in [3.63, 3.8) is 0 Å². The van der Waals surface area contributed by atoms with Crippen LogP contribution < -0.4 is 10.6 Å². The lowest BCUT2D eigenvalue weighted by molar-refractivity contribution is 0.249. The third-order valence-corrected chi connectivity index (χ3v) is 3.73. The highest BCUT2D eigenvalue weighted by Gasteiger charge is 2.21. The van der Waals surface area contributed by atoms with Gasteiger partial charge in [0.05, 0.1) is 11.6 Å². The summed E-state index contributed by atoms with van der Waals surface area (Å²) >= 11 is 0. The van der Waals surface area contributed by atoms with Crippen molar-refractivity contribution in [2.24, 2.45) is 5.92 Å². The van der Waals surface area contributed by atoms with E-state index in [9.17, 15) is 4.79 Å². The molecule has 1 fully saturated rings. The van der Waals surface area contributed by atoms with E-state index in [0.717, 1.165) is 26.1 Å². The number of hydrogen-bond donors (Lipinski definition) is 2. The van der Waals surface area contributed by atoms with Gasteiger partial charge in [0.1, 0.15) is 0 Å². The highest BCUT2D eigenvalue weighted by Crippen LogP contribution is 2.15. The summed E-state index contributed by atoms with van der Waals surface area (Å²) in [6, 6.07) is 8.71. The quantitative estimate of drug-likeness (QED) is 0.873. The van der Waals surface area contributed by atoms with Crippen LogP contribution in [0.3, 0.4) is 0 Å². The van der Waals surface area contributed by atoms with E-state index in [4.69, 9.17) is 5.26 Å². The Labute approximate surface area is 125 Å². The minimum atomic E-state index is -0.186. The second kappa shape index (κ2) is 7.65. The number of nitriles is 1. The van der Waals surface area contributed by atoms with Gasteiger partial charge in [-0.15, -0.1) is 0 Å². The van der Waals surface area contributed by atoms with E-state index >= 15 is 0 Å². The van der Waals surface area contributed by atoms with Gasteiger partial charge in [0, 0.05) is 18.8 Å². The van der Waals surface area contributed by atoms with Crippen molar-refractivity contribution < 1.29 is 4.79 Å². The standard InChI is InChI=1S/C16H22N4O/c1-2-8-20-9-7-14(12-20)11-18-16(21)19-15-5-3-13(10-17)4-6-15/h3-6,14H,2,7-9,11-12H2,1H3,(H2,18,19,21)/t14-/m1/s1. The number of carbonyl (C=O) groups excluding carboxylic acids is 1. The first-order chi connectivity index (χ1) is 10.2. The van der Waals surface area contributed by atoms with Crippen LogP contribution >= 0.6 is 0 Å². The molecule has 0 aromatic heterocycles. The zero-order valence-electron chi connectivity index (χ0n) is 12.4. The number of benzene rings is 1. The highest BCUT2D eigenvalue weighted by molar-refractivity contribution is 5.89. The molecule has 1 atom stereocenters. The molecule has 112 valence electrons. The SMILES string of the molecule is CCCN1CC[C@H](CNC(=O)Nc2ccc(C#N)cc2)C1. The van der Waals surface area contributed by atoms with Crippen molar-refractivity contribution >= 4 is 11.7 Å². The van der Waals surface area contributed by atoms with E-state index in [2.05, 4.69) is 28.5 Å². The van der Waals surface area contributed by atoms with E-state index in [-0.39, 0.29) is 6.03 Å². The van der Waals surface area contributed by atoms with Crippen LogP contribution in [-0.2, 0) is 0 Å². The second-order valence-corrected chi connectivity index (χ2v) is 5.48. The number of likely N-dealkylation sites (tertiary alicyclic amines) is 1. The topological polar surface area (TPSA) is 68.2 Å². The van der Waals surface area contributed by atoms with Gasteiger partial charge in [-0.3, -0.25) is 0 Å². The first-order valence-corrected chi connectivity index (χ1v) is 7.48. The van der Waals surface area contributed by atoms with Crippen LogP contribution in [0.15, 0.2) is 24.3 Å². The minimum Gasteiger partial charge on any atom is -0.338 e. The lowest BCUT2D eigenvalue weighted by Gasteiger charge is -2.15. The summed E-state index contributed by atoms with van der Waals surface area (Å²) in [7, 11) is 0. The predicted octanol–water partition coefficient (Wildman–Crippen LogP) is 2.41. The molecular weight excluding hydrogens is 264 g/mol. The molecule has 21 heavy (non-hydrogen) atoms. The second-order valence-electron chi connectivity index (χ2n) is 5.48. The Hall–Kier alpha value is -2.06. The van der Waals surface area contributed by atoms with Crippen LogP contribution in [0.1, 0.15) is 25.3 Å². The van der Waals surface area contributed by atoms with Crippen LogP contribution in [0, 0.1) is 17.2 Å². The normalized spacial score (nSPS) is 18.2. The first kappa shape index (κ1) is 15.3. The van der Waals surface area contributed by atoms with Gasteiger partial charge in [-0.1, -0.05) is 6.92 Å². The number of anilines is 1. The van der Waals surface area contributed by atoms with Gasteiger partial charge in [0.25, 0.3) is 0 Å². The summed E-state index contributed by atoms with van der Waals surface area (Å²) in [6.45, 7) is 6.26. The summed E-state index contributed by atoms with van der Waals surface area (Å²) in [6.07, 6.45) is 2.33. The minimum absolute atomic E-state index is 0.186. The molecule has 5 heteroatoms. The lowest BCUT2D eigenvalue weighted by Crippen LogP contribution is -2.34. The molecule has 0 aliphatic carbocycles. The monoisotopic (exact) mass is 286 g/mol. The van der Waals surface area contributed by atoms with Crippen LogP contribution in [0.2, 0.25) is 0 Å². The molecule has 0 bridgehead atoms. The number of amides is 2. The molecule has 0 unspecified atom stereocenters. The molecule has 1 aromatic carbocycles. The molecule has 1 aliphatic heterocycles. The van der Waals surface area contributed by atoms with Gasteiger partial charge in [-0.2, -0.15) is 5.26 Å². The molecule has 2 rings (SSSR count). The molecule has 1 heterocycles. The van der Waals surface area contributed by atoms with Gasteiger partial charge >= 0.3 is 6.03 Å². The van der Waals surface area contributed by atoms with Gasteiger partial charge in [-0.25, -0.2) is 4.79 Å². The maximum absolute atomic E-state index is 11.8. The Kier molecular flexibility index (Phi) is 5.59. The van der Waals surface area contributed by atoms with E-state index in [1.54, 1.807) is 24.3 Å². The van der Waals surface area contributed by atoms with Gasteiger partial charge < -0.3 is 15.5 Å². The van der Waals surface area contributed by atoms with Gasteiger partial charge in [-0.05, 0) is 56.1 Å². The number of nitrogens with one attached hydrogen (secondary N) is 2. The van der Waals surface area contributed by atoms with Crippen LogP contribution in [0.4, 0.5) is 10.5 Å². The molecule has 0 spiro atoms. The molecule has 1 aromatic rings. The number of hydrogen-bond acceptors (Lipinski definition) is 3. The summed E-state index contributed by atoms with van der Waals surface area (Å²) in [4.78, 5) is 14.3. The number of nitrogens with zero attached hydrogens (tertiary/aromatic N) is 2. The average molecular weight is 286 g/mol. The van der Waals surface area contributed by atoms with Gasteiger partial charge in [0.2, 0.25) is 0 Å². The van der Waals surface area contributed by atoms with E-state index in [1.165, 1.54) is 6.42 Å². The molecular formula is C16H22N4O. The molecule has 1 aliphatic rings. The fourth-order valence-corrected chi connectivity index (χ4v) is 2.64. The molecule has 0 saturated carbocycles. The summed E-state index contributed by atoms with van der Waals surface area (Å²) < 4.78 is 0. The molecule has 5 nitrogen and oxygen atoms in total. The Morgan fingerprint density at radius 2 is 2.19 bits per heavy atom. The Morgan fingerprint density at radius 1 is 1.43 bits per heavy atom. The number of urea groups is 1. The first-order valence-electron chi connectivity index (χ1n) is 7.48. The lowest BCUT2D eigenvalue weighted by atomic mass is 10.1. The van der Waals surface area contributed by atoms with Crippen LogP contribution in [0.5, 0.6) is 0 Å². The third-order valence-electron chi connectivity index (χ3n) is 3.73. The maximum Gasteiger partial charge on any atom is 0.319 e. The van der Waals surface area contributed by atoms with Crippen molar-refractivity contribution in [2.45, 2.75) is 19.8 Å². The zero-order chi connectivity index (χ0) is 15.1. The zero-order valence-corrected chi connectivity index (χ0v) is 12.4. The van der Waals surface area contributed by atoms with E-state index < -0.39 is 0 Å². The Morgan fingerprint density at radius 3 is 2.86 bits per heavy atom. The number of carbonyl (C=O) groups is 1. The molecule has 2 amide bonds. The van der Waals surface area contributed by atoms with Gasteiger partial charge in [0.15, 0.2) is 0 Å². The smallest absolute Gasteiger partial charge is 0.319 e. The van der Waals surface area contributed by atoms with Crippen LogP contribution in [-0.4, -0.2) is 37.1 Å². The summed E-state index contributed by atoms with van der Waals surface area (Å²) in [5, 5.41) is 14.4. The molecule has 0 radical (unpaired) electrons. The van der Waals surface area contributed by atoms with Crippen LogP contribution in [0.25, 0.3) is 0 Å². The van der Waals surface area contributed by atoms with E-state index in [1.807, 2.05) is 0 Å². The van der Waals surface area contributed by atoms with Crippen molar-refractivity contribution in [1.29, 1.82) is 5.26 Å². The number of rotatable bonds is 5. The Balaban J connectivity index is 1.71. The largest absolute Gasteiger partial charge is 0.338 e. The van der Waals surface area contributed by atoms with Crippen molar-refractivity contribution in [3.8, 4) is 6.07 Å². The van der Waals surface area contributed by atoms with Crippen molar-refractivity contribution in [3.05, 3.63) is 29.8 Å². The fraction of sp³-hybridized carbons (Fsp3) is 0.500. The summed E-state index contributed by atoms with van der Waals surface area (Å²) in [5.74, 6) is 0.545. The summed E-state index contributed by atoms with van der Waals surface area (Å²) in [5.41, 5.74) is 1.29. The van der Waals surface area contributed by atoms with Crippen molar-refractivity contribution in [1.82, 2.24) is 10.2 Å². The maximum atomic E-state index is 11.8. The molecule has 1 saturated heterocycles.